The molecule has 5 nitrogen and oxygen atoms in total. The van der Waals surface area contributed by atoms with Crippen molar-refractivity contribution < 1.29 is 9.21 Å². The van der Waals surface area contributed by atoms with Gasteiger partial charge in [-0.3, -0.25) is 4.79 Å². The van der Waals surface area contributed by atoms with Gasteiger partial charge in [0.05, 0.1) is 29.8 Å². The number of para-hydroxylation sites is 2. The van der Waals surface area contributed by atoms with Gasteiger partial charge in [0.2, 0.25) is 5.91 Å². The third-order valence-corrected chi connectivity index (χ3v) is 3.11. The van der Waals surface area contributed by atoms with E-state index >= 15 is 0 Å². The van der Waals surface area contributed by atoms with E-state index in [0.717, 1.165) is 16.9 Å². The highest BCUT2D eigenvalue weighted by atomic mass is 16.3. The maximum Gasteiger partial charge on any atom is 0.228 e. The van der Waals surface area contributed by atoms with E-state index in [2.05, 4.69) is 15.3 Å². The molecule has 2 N–H and O–H groups in total. The van der Waals surface area contributed by atoms with Gasteiger partial charge < -0.3 is 14.7 Å². The minimum Gasteiger partial charge on any atom is -0.469 e. The largest absolute Gasteiger partial charge is 0.469 e. The van der Waals surface area contributed by atoms with E-state index in [1.807, 2.05) is 31.2 Å². The van der Waals surface area contributed by atoms with E-state index in [4.69, 9.17) is 4.42 Å². The van der Waals surface area contributed by atoms with Crippen molar-refractivity contribution in [1.82, 2.24) is 15.3 Å². The number of benzene rings is 1. The van der Waals surface area contributed by atoms with E-state index in [1.54, 1.807) is 18.4 Å². The van der Waals surface area contributed by atoms with Crippen LogP contribution < -0.4 is 5.32 Å². The SMILES string of the molecule is CC(NC(=O)Cc1ccco1)c1nc2ccccc2[nH]1. The van der Waals surface area contributed by atoms with E-state index in [1.165, 1.54) is 0 Å². The number of amides is 1. The second-order valence-electron chi connectivity index (χ2n) is 4.68. The Morgan fingerprint density at radius 1 is 1.35 bits per heavy atom. The fraction of sp³-hybridized carbons (Fsp3) is 0.200. The number of aromatic amines is 1. The molecule has 3 aromatic rings. The average Bonchev–Trinajstić information content (AvgIpc) is 3.06. The molecule has 0 saturated carbocycles. The summed E-state index contributed by atoms with van der Waals surface area (Å²) in [5.74, 6) is 1.31. The molecule has 0 radical (unpaired) electrons. The molecule has 1 atom stereocenters. The van der Waals surface area contributed by atoms with Crippen LogP contribution in [0.3, 0.4) is 0 Å². The van der Waals surface area contributed by atoms with Crippen LogP contribution in [0.2, 0.25) is 0 Å². The first kappa shape index (κ1) is 12.5. The summed E-state index contributed by atoms with van der Waals surface area (Å²) in [6.07, 6.45) is 1.79. The molecular weight excluding hydrogens is 254 g/mol. The van der Waals surface area contributed by atoms with Crippen molar-refractivity contribution in [3.63, 3.8) is 0 Å². The molecule has 102 valence electrons. The van der Waals surface area contributed by atoms with Crippen LogP contribution in [-0.4, -0.2) is 15.9 Å². The number of aromatic nitrogens is 2. The predicted octanol–water partition coefficient (Wildman–Crippen LogP) is 2.58. The molecule has 20 heavy (non-hydrogen) atoms. The molecule has 3 rings (SSSR count). The average molecular weight is 269 g/mol. The summed E-state index contributed by atoms with van der Waals surface area (Å²) in [6.45, 7) is 1.90. The minimum absolute atomic E-state index is 0.0899. The van der Waals surface area contributed by atoms with Gasteiger partial charge in [-0.25, -0.2) is 4.98 Å². The molecule has 0 aliphatic rings. The Bertz CT molecular complexity index is 683. The number of carbonyl (C=O) groups excluding carboxylic acids is 1. The zero-order chi connectivity index (χ0) is 13.9. The van der Waals surface area contributed by atoms with Crippen LogP contribution in [0.1, 0.15) is 24.6 Å². The molecule has 0 bridgehead atoms. The van der Waals surface area contributed by atoms with Crippen molar-refractivity contribution in [1.29, 1.82) is 0 Å². The lowest BCUT2D eigenvalue weighted by molar-refractivity contribution is -0.121. The van der Waals surface area contributed by atoms with Gasteiger partial charge in [0.25, 0.3) is 0 Å². The van der Waals surface area contributed by atoms with Crippen molar-refractivity contribution in [3.05, 3.63) is 54.2 Å². The number of hydrogen-bond acceptors (Lipinski definition) is 3. The first-order valence-corrected chi connectivity index (χ1v) is 6.49. The Morgan fingerprint density at radius 3 is 2.95 bits per heavy atom. The second kappa shape index (κ2) is 5.21. The molecule has 1 amide bonds. The van der Waals surface area contributed by atoms with Crippen LogP contribution in [0.15, 0.2) is 47.1 Å². The summed E-state index contributed by atoms with van der Waals surface area (Å²) in [5, 5.41) is 2.90. The number of nitrogens with one attached hydrogen (secondary N) is 2. The monoisotopic (exact) mass is 269 g/mol. The lowest BCUT2D eigenvalue weighted by atomic mass is 10.2. The number of rotatable bonds is 4. The first-order valence-electron chi connectivity index (χ1n) is 6.49. The number of carbonyl (C=O) groups is 1. The van der Waals surface area contributed by atoms with Gasteiger partial charge in [0, 0.05) is 0 Å². The highest BCUT2D eigenvalue weighted by molar-refractivity contribution is 5.79. The molecule has 2 heterocycles. The lowest BCUT2D eigenvalue weighted by Crippen LogP contribution is -2.28. The summed E-state index contributed by atoms with van der Waals surface area (Å²) in [6, 6.07) is 11.2. The normalized spacial score (nSPS) is 12.4. The first-order chi connectivity index (χ1) is 9.72. The van der Waals surface area contributed by atoms with Crippen molar-refractivity contribution in [2.75, 3.05) is 0 Å². The van der Waals surface area contributed by atoms with E-state index in [-0.39, 0.29) is 18.4 Å². The zero-order valence-corrected chi connectivity index (χ0v) is 11.1. The van der Waals surface area contributed by atoms with Gasteiger partial charge >= 0.3 is 0 Å². The maximum atomic E-state index is 11.9. The number of imidazole rings is 1. The highest BCUT2D eigenvalue weighted by Crippen LogP contribution is 2.15. The molecule has 2 aromatic heterocycles. The van der Waals surface area contributed by atoms with E-state index in [0.29, 0.717) is 5.76 Å². The fourth-order valence-corrected chi connectivity index (χ4v) is 2.11. The quantitative estimate of drug-likeness (QED) is 0.764. The van der Waals surface area contributed by atoms with E-state index in [9.17, 15) is 4.79 Å². The molecule has 1 aromatic carbocycles. The number of furan rings is 1. The Labute approximate surface area is 116 Å². The fourth-order valence-electron chi connectivity index (χ4n) is 2.11. The van der Waals surface area contributed by atoms with Gasteiger partial charge in [-0.05, 0) is 31.2 Å². The molecule has 0 aliphatic carbocycles. The zero-order valence-electron chi connectivity index (χ0n) is 11.1. The number of H-pyrrole nitrogens is 1. The Kier molecular flexibility index (Phi) is 3.25. The van der Waals surface area contributed by atoms with Gasteiger partial charge in [0.15, 0.2) is 0 Å². The molecule has 0 saturated heterocycles. The van der Waals surface area contributed by atoms with Gasteiger partial charge in [-0.2, -0.15) is 0 Å². The molecule has 1 unspecified atom stereocenters. The Hall–Kier alpha value is -2.56. The lowest BCUT2D eigenvalue weighted by Gasteiger charge is -2.10. The highest BCUT2D eigenvalue weighted by Gasteiger charge is 2.14. The summed E-state index contributed by atoms with van der Waals surface area (Å²) in [5.41, 5.74) is 1.87. The molecule has 0 aliphatic heterocycles. The topological polar surface area (TPSA) is 70.9 Å². The smallest absolute Gasteiger partial charge is 0.228 e. The van der Waals surface area contributed by atoms with Crippen LogP contribution in [0.25, 0.3) is 11.0 Å². The number of fused-ring (bicyclic) bond motifs is 1. The van der Waals surface area contributed by atoms with Crippen LogP contribution >= 0.6 is 0 Å². The molecule has 5 heteroatoms. The van der Waals surface area contributed by atoms with Crippen LogP contribution in [-0.2, 0) is 11.2 Å². The van der Waals surface area contributed by atoms with Crippen LogP contribution in [0.4, 0.5) is 0 Å². The van der Waals surface area contributed by atoms with Gasteiger partial charge in [-0.1, -0.05) is 12.1 Å². The Morgan fingerprint density at radius 2 is 2.20 bits per heavy atom. The number of nitrogens with zero attached hydrogens (tertiary/aromatic N) is 1. The third-order valence-electron chi connectivity index (χ3n) is 3.11. The van der Waals surface area contributed by atoms with Crippen molar-refractivity contribution in [2.24, 2.45) is 0 Å². The minimum atomic E-state index is -0.176. The summed E-state index contributed by atoms with van der Waals surface area (Å²) in [4.78, 5) is 19.6. The van der Waals surface area contributed by atoms with Crippen LogP contribution in [0, 0.1) is 0 Å². The summed E-state index contributed by atoms with van der Waals surface area (Å²) in [7, 11) is 0. The molecular formula is C15H15N3O2. The predicted molar refractivity (Wildman–Crippen MR) is 75.1 cm³/mol. The Balaban J connectivity index is 1.69. The van der Waals surface area contributed by atoms with Gasteiger partial charge in [0.1, 0.15) is 11.6 Å². The van der Waals surface area contributed by atoms with Crippen molar-refractivity contribution >= 4 is 16.9 Å². The standard InChI is InChI=1S/C15H15N3O2/c1-10(16-14(19)9-11-5-4-8-20-11)15-17-12-6-2-3-7-13(12)18-15/h2-8,10H,9H2,1H3,(H,16,19)(H,17,18). The molecule has 0 fully saturated rings. The number of hydrogen-bond donors (Lipinski definition) is 2. The third kappa shape index (κ3) is 2.56. The van der Waals surface area contributed by atoms with Crippen LogP contribution in [0.5, 0.6) is 0 Å². The van der Waals surface area contributed by atoms with E-state index < -0.39 is 0 Å². The van der Waals surface area contributed by atoms with Gasteiger partial charge in [-0.15, -0.1) is 0 Å². The maximum absolute atomic E-state index is 11.9. The van der Waals surface area contributed by atoms with Crippen molar-refractivity contribution in [3.8, 4) is 0 Å². The second-order valence-corrected chi connectivity index (χ2v) is 4.68. The summed E-state index contributed by atoms with van der Waals surface area (Å²) >= 11 is 0. The van der Waals surface area contributed by atoms with Crippen molar-refractivity contribution in [2.45, 2.75) is 19.4 Å². The summed E-state index contributed by atoms with van der Waals surface area (Å²) < 4.78 is 5.16. The molecule has 0 spiro atoms.